The summed E-state index contributed by atoms with van der Waals surface area (Å²) in [5.74, 6) is -0.310. The zero-order chi connectivity index (χ0) is 13.9. The minimum atomic E-state index is -1.30. The molecule has 0 aromatic heterocycles. The average Bonchev–Trinajstić information content (AvgIpc) is 2.25. The summed E-state index contributed by atoms with van der Waals surface area (Å²) < 4.78 is 19.9. The molecule has 1 unspecified atom stereocenters. The lowest BCUT2D eigenvalue weighted by Gasteiger charge is -2.33. The molecule has 100 valence electrons. The van der Waals surface area contributed by atoms with Crippen LogP contribution in [0.1, 0.15) is 42.8 Å². The van der Waals surface area contributed by atoms with Gasteiger partial charge in [-0.3, -0.25) is 4.79 Å². The van der Waals surface area contributed by atoms with Crippen molar-refractivity contribution in [1.82, 2.24) is 0 Å². The third kappa shape index (κ3) is 3.75. The smallest absolute Gasteiger partial charge is 0.171 e. The van der Waals surface area contributed by atoms with Crippen molar-refractivity contribution in [2.75, 3.05) is 0 Å². The number of carbonyl (C=O) groups is 1. The van der Waals surface area contributed by atoms with Crippen molar-refractivity contribution >= 4 is 15.3 Å². The Balaban J connectivity index is 3.23. The minimum absolute atomic E-state index is 0.209. The van der Waals surface area contributed by atoms with Crippen LogP contribution in [0.25, 0.3) is 0 Å². The third-order valence-corrected chi connectivity index (χ3v) is 3.45. The van der Waals surface area contributed by atoms with E-state index in [0.717, 1.165) is 6.29 Å². The molecule has 1 atom stereocenters. The Morgan fingerprint density at radius 1 is 1.33 bits per heavy atom. The van der Waals surface area contributed by atoms with E-state index in [1.54, 1.807) is 6.07 Å². The lowest BCUT2D eigenvalue weighted by Crippen LogP contribution is -2.26. The van der Waals surface area contributed by atoms with Gasteiger partial charge in [0.1, 0.15) is 12.1 Å². The van der Waals surface area contributed by atoms with E-state index < -0.39 is 9.04 Å². The van der Waals surface area contributed by atoms with Crippen molar-refractivity contribution in [1.29, 1.82) is 0 Å². The van der Waals surface area contributed by atoms with Crippen molar-refractivity contribution in [3.8, 4) is 0 Å². The lowest BCUT2D eigenvalue weighted by atomic mass is 9.84. The fourth-order valence-electron chi connectivity index (χ4n) is 1.85. The number of rotatable bonds is 4. The number of hydrogen-bond acceptors (Lipinski definition) is 2. The van der Waals surface area contributed by atoms with Gasteiger partial charge in [0.15, 0.2) is 9.04 Å². The Kier molecular flexibility index (Phi) is 4.82. The molecule has 0 N–H and O–H groups in total. The quantitative estimate of drug-likeness (QED) is 0.614. The highest BCUT2D eigenvalue weighted by atomic mass is 28.3. The van der Waals surface area contributed by atoms with Crippen LogP contribution in [0.4, 0.5) is 4.39 Å². The van der Waals surface area contributed by atoms with Crippen LogP contribution in [0.2, 0.25) is 13.1 Å². The normalized spacial score (nSPS) is 13.7. The number of carbonyl (C=O) groups excluding carboxylic acids is 1. The second kappa shape index (κ2) is 5.76. The molecule has 0 fully saturated rings. The highest BCUT2D eigenvalue weighted by Gasteiger charge is 2.30. The summed E-state index contributed by atoms with van der Waals surface area (Å²) in [4.78, 5) is 10.8. The van der Waals surface area contributed by atoms with Gasteiger partial charge in [-0.1, -0.05) is 20.8 Å². The van der Waals surface area contributed by atoms with Gasteiger partial charge in [-0.05, 0) is 36.7 Å². The highest BCUT2D eigenvalue weighted by Crippen LogP contribution is 2.37. The van der Waals surface area contributed by atoms with Gasteiger partial charge in [0.25, 0.3) is 0 Å². The predicted molar refractivity (Wildman–Crippen MR) is 73.9 cm³/mol. The molecule has 0 amide bonds. The van der Waals surface area contributed by atoms with E-state index in [1.165, 1.54) is 12.1 Å². The number of benzene rings is 1. The number of halogens is 1. The van der Waals surface area contributed by atoms with Crippen LogP contribution in [0.5, 0.6) is 0 Å². The second-order valence-electron chi connectivity index (χ2n) is 5.83. The van der Waals surface area contributed by atoms with Crippen LogP contribution in [-0.4, -0.2) is 15.3 Å². The molecule has 18 heavy (non-hydrogen) atoms. The second-order valence-corrected chi connectivity index (χ2v) is 8.20. The van der Waals surface area contributed by atoms with Gasteiger partial charge in [-0.25, -0.2) is 4.39 Å². The molecule has 0 aliphatic carbocycles. The monoisotopic (exact) mass is 268 g/mol. The van der Waals surface area contributed by atoms with Gasteiger partial charge >= 0.3 is 0 Å². The van der Waals surface area contributed by atoms with Gasteiger partial charge in [0.2, 0.25) is 0 Å². The molecule has 0 aliphatic heterocycles. The molecule has 4 heteroatoms. The maximum atomic E-state index is 14.0. The molecule has 1 aromatic rings. The molecule has 1 aromatic carbocycles. The topological polar surface area (TPSA) is 26.3 Å². The zero-order valence-electron chi connectivity index (χ0n) is 11.7. The molecule has 1 rings (SSSR count). The highest BCUT2D eigenvalue weighted by molar-refractivity contribution is 6.48. The van der Waals surface area contributed by atoms with Crippen LogP contribution >= 0.6 is 0 Å². The van der Waals surface area contributed by atoms with Crippen LogP contribution in [-0.2, 0) is 4.43 Å². The third-order valence-electron chi connectivity index (χ3n) is 2.63. The SMILES string of the molecule is C[SiH](C)OC(c1cc(C=O)ccc1F)C(C)(C)C. The minimum Gasteiger partial charge on any atom is -0.413 e. The average molecular weight is 268 g/mol. The van der Waals surface area contributed by atoms with Crippen LogP contribution < -0.4 is 0 Å². The fourth-order valence-corrected chi connectivity index (χ4v) is 2.95. The van der Waals surface area contributed by atoms with E-state index in [0.29, 0.717) is 11.1 Å². The van der Waals surface area contributed by atoms with E-state index in [-0.39, 0.29) is 17.3 Å². The summed E-state index contributed by atoms with van der Waals surface area (Å²) in [6.07, 6.45) is 0.416. The molecule has 0 radical (unpaired) electrons. The molecule has 0 spiro atoms. The van der Waals surface area contributed by atoms with Gasteiger partial charge < -0.3 is 4.43 Å². The van der Waals surface area contributed by atoms with E-state index >= 15 is 0 Å². The summed E-state index contributed by atoms with van der Waals surface area (Å²) in [7, 11) is -1.30. The summed E-state index contributed by atoms with van der Waals surface area (Å²) in [5, 5.41) is 0. The Morgan fingerprint density at radius 2 is 1.94 bits per heavy atom. The van der Waals surface area contributed by atoms with Crippen molar-refractivity contribution in [2.45, 2.75) is 40.0 Å². The van der Waals surface area contributed by atoms with E-state index in [2.05, 4.69) is 13.1 Å². The summed E-state index contributed by atoms with van der Waals surface area (Å²) >= 11 is 0. The largest absolute Gasteiger partial charge is 0.413 e. The number of aldehydes is 1. The standard InChI is InChI=1S/C14H21FO2Si/c1-14(2,3)13(17-18(4)5)11-8-10(9-16)6-7-12(11)15/h6-9,13,18H,1-5H3. The maximum absolute atomic E-state index is 14.0. The fraction of sp³-hybridized carbons (Fsp3) is 0.500. The number of hydrogen-bond donors (Lipinski definition) is 0. The molecule has 0 aliphatic rings. The van der Waals surface area contributed by atoms with Gasteiger partial charge in [-0.2, -0.15) is 0 Å². The molecular formula is C14H21FO2Si. The van der Waals surface area contributed by atoms with Gasteiger partial charge in [-0.15, -0.1) is 0 Å². The van der Waals surface area contributed by atoms with Crippen molar-refractivity contribution < 1.29 is 13.6 Å². The van der Waals surface area contributed by atoms with Crippen LogP contribution in [0.3, 0.4) is 0 Å². The summed E-state index contributed by atoms with van der Waals surface area (Å²) in [5.41, 5.74) is 0.752. The first-order valence-corrected chi connectivity index (χ1v) is 8.94. The van der Waals surface area contributed by atoms with E-state index in [4.69, 9.17) is 4.43 Å². The Bertz CT molecular complexity index is 424. The molecule has 0 saturated heterocycles. The first-order chi connectivity index (χ1) is 8.25. The van der Waals surface area contributed by atoms with Crippen molar-refractivity contribution in [3.63, 3.8) is 0 Å². The van der Waals surface area contributed by atoms with Crippen LogP contribution in [0.15, 0.2) is 18.2 Å². The lowest BCUT2D eigenvalue weighted by molar-refractivity contribution is 0.0830. The van der Waals surface area contributed by atoms with E-state index in [1.807, 2.05) is 20.8 Å². The van der Waals surface area contributed by atoms with Crippen molar-refractivity contribution in [2.24, 2.45) is 5.41 Å². The molecule has 0 bridgehead atoms. The van der Waals surface area contributed by atoms with Gasteiger partial charge in [0, 0.05) is 11.1 Å². The molecule has 0 heterocycles. The van der Waals surface area contributed by atoms with E-state index in [9.17, 15) is 9.18 Å². The first kappa shape index (κ1) is 15.1. The molecule has 0 saturated carbocycles. The summed E-state index contributed by atoms with van der Waals surface area (Å²) in [6.45, 7) is 10.2. The summed E-state index contributed by atoms with van der Waals surface area (Å²) in [6, 6.07) is 4.41. The molecule has 2 nitrogen and oxygen atoms in total. The zero-order valence-corrected chi connectivity index (χ0v) is 12.8. The Morgan fingerprint density at radius 3 is 2.39 bits per heavy atom. The first-order valence-electron chi connectivity index (χ1n) is 6.15. The Labute approximate surface area is 110 Å². The Hall–Kier alpha value is -1.00. The van der Waals surface area contributed by atoms with Crippen molar-refractivity contribution in [3.05, 3.63) is 35.1 Å². The van der Waals surface area contributed by atoms with Crippen LogP contribution in [0, 0.1) is 11.2 Å². The maximum Gasteiger partial charge on any atom is 0.171 e. The van der Waals surface area contributed by atoms with Gasteiger partial charge in [0.05, 0.1) is 6.10 Å². The molecular weight excluding hydrogens is 247 g/mol. The predicted octanol–water partition coefficient (Wildman–Crippen LogP) is 3.73.